The summed E-state index contributed by atoms with van der Waals surface area (Å²) in [6, 6.07) is 0. The first kappa shape index (κ1) is 18.2. The molecule has 0 aromatic heterocycles. The van der Waals surface area contributed by atoms with Crippen LogP contribution in [0.2, 0.25) is 0 Å². The first-order chi connectivity index (χ1) is 9.25. The van der Waals surface area contributed by atoms with Crippen molar-refractivity contribution in [3.8, 4) is 0 Å². The lowest BCUT2D eigenvalue weighted by atomic mass is 9.90. The molecule has 0 radical (unpaired) electrons. The molecule has 0 unspecified atom stereocenters. The minimum absolute atomic E-state index is 0.183. The van der Waals surface area contributed by atoms with Crippen molar-refractivity contribution in [1.29, 1.82) is 0 Å². The lowest BCUT2D eigenvalue weighted by molar-refractivity contribution is -0.208. The summed E-state index contributed by atoms with van der Waals surface area (Å²) in [5.41, 5.74) is -2.35. The Labute approximate surface area is 121 Å². The van der Waals surface area contributed by atoms with E-state index in [2.05, 4.69) is 0 Å². The zero-order valence-corrected chi connectivity index (χ0v) is 12.4. The van der Waals surface area contributed by atoms with Gasteiger partial charge in [-0.3, -0.25) is 4.79 Å². The molecule has 124 valence electrons. The maximum atomic E-state index is 13.7. The lowest BCUT2D eigenvalue weighted by Gasteiger charge is -2.35. The average Bonchev–Trinajstić information content (AvgIpc) is 2.59. The first-order valence-corrected chi connectivity index (χ1v) is 6.93. The van der Waals surface area contributed by atoms with Crippen molar-refractivity contribution in [2.24, 2.45) is 5.41 Å². The maximum absolute atomic E-state index is 13.7. The third kappa shape index (κ3) is 5.79. The highest BCUT2D eigenvalue weighted by atomic mass is 19.4. The Morgan fingerprint density at radius 1 is 1.05 bits per heavy atom. The van der Waals surface area contributed by atoms with E-state index in [0.717, 1.165) is 0 Å². The SMILES string of the molecule is CC(C)(C)C(=O)OC1(CC(F)(F)CC(F)(F)F)CCCC1. The van der Waals surface area contributed by atoms with Crippen molar-refractivity contribution >= 4 is 5.97 Å². The van der Waals surface area contributed by atoms with Gasteiger partial charge in [-0.05, 0) is 46.5 Å². The van der Waals surface area contributed by atoms with E-state index >= 15 is 0 Å². The van der Waals surface area contributed by atoms with Crippen molar-refractivity contribution in [3.05, 3.63) is 0 Å². The zero-order chi connectivity index (χ0) is 16.5. The predicted octanol–water partition coefficient (Wildman–Crippen LogP) is 4.87. The van der Waals surface area contributed by atoms with Gasteiger partial charge in [0.1, 0.15) is 12.0 Å². The van der Waals surface area contributed by atoms with Crippen LogP contribution in [0.5, 0.6) is 0 Å². The van der Waals surface area contributed by atoms with Gasteiger partial charge in [0.05, 0.1) is 11.8 Å². The number of carbonyl (C=O) groups is 1. The highest BCUT2D eigenvalue weighted by molar-refractivity contribution is 5.75. The van der Waals surface area contributed by atoms with Crippen LogP contribution < -0.4 is 0 Å². The molecule has 1 aliphatic carbocycles. The number of ether oxygens (including phenoxy) is 1. The molecule has 1 saturated carbocycles. The second kappa shape index (κ2) is 5.72. The summed E-state index contributed by atoms with van der Waals surface area (Å²) in [5.74, 6) is -4.59. The molecular weight excluding hydrogens is 295 g/mol. The number of hydrogen-bond donors (Lipinski definition) is 0. The van der Waals surface area contributed by atoms with Gasteiger partial charge in [0.15, 0.2) is 0 Å². The molecular formula is C14H21F5O2. The monoisotopic (exact) mass is 316 g/mol. The third-order valence-corrected chi connectivity index (χ3v) is 3.48. The predicted molar refractivity (Wildman–Crippen MR) is 67.0 cm³/mol. The van der Waals surface area contributed by atoms with Crippen LogP contribution in [-0.4, -0.2) is 23.7 Å². The van der Waals surface area contributed by atoms with Crippen LogP contribution in [0.15, 0.2) is 0 Å². The van der Waals surface area contributed by atoms with E-state index in [4.69, 9.17) is 4.74 Å². The van der Waals surface area contributed by atoms with Gasteiger partial charge in [-0.15, -0.1) is 0 Å². The van der Waals surface area contributed by atoms with Crippen molar-refractivity contribution in [2.75, 3.05) is 0 Å². The summed E-state index contributed by atoms with van der Waals surface area (Å²) < 4.78 is 69.2. The molecule has 1 rings (SSSR count). The van der Waals surface area contributed by atoms with E-state index in [9.17, 15) is 26.7 Å². The summed E-state index contributed by atoms with van der Waals surface area (Å²) >= 11 is 0. The quantitative estimate of drug-likeness (QED) is 0.546. The van der Waals surface area contributed by atoms with E-state index < -0.39 is 41.9 Å². The molecule has 1 fully saturated rings. The van der Waals surface area contributed by atoms with E-state index in [1.165, 1.54) is 0 Å². The second-order valence-electron chi connectivity index (χ2n) is 6.85. The number of esters is 1. The van der Waals surface area contributed by atoms with Gasteiger partial charge < -0.3 is 4.74 Å². The smallest absolute Gasteiger partial charge is 0.394 e. The molecule has 0 aliphatic heterocycles. The average molecular weight is 316 g/mol. The lowest BCUT2D eigenvalue weighted by Crippen LogP contribution is -2.42. The molecule has 0 spiro atoms. The van der Waals surface area contributed by atoms with Crippen LogP contribution in [0.25, 0.3) is 0 Å². The Kier molecular flexibility index (Phi) is 4.95. The minimum atomic E-state index is -4.95. The standard InChI is InChI=1S/C14H21F5O2/c1-11(2,3)10(20)21-12(6-4-5-7-12)8-13(15,16)9-14(17,18)19/h4-9H2,1-3H3. The Morgan fingerprint density at radius 2 is 1.52 bits per heavy atom. The topological polar surface area (TPSA) is 26.3 Å². The summed E-state index contributed by atoms with van der Waals surface area (Å²) in [6.45, 7) is 4.73. The van der Waals surface area contributed by atoms with Crippen LogP contribution in [-0.2, 0) is 9.53 Å². The van der Waals surface area contributed by atoms with Crippen LogP contribution in [0.1, 0.15) is 59.3 Å². The number of rotatable bonds is 4. The first-order valence-electron chi connectivity index (χ1n) is 6.93. The van der Waals surface area contributed by atoms with Crippen LogP contribution >= 0.6 is 0 Å². The Morgan fingerprint density at radius 3 is 1.90 bits per heavy atom. The summed E-state index contributed by atoms with van der Waals surface area (Å²) in [5, 5.41) is 0. The fourth-order valence-electron chi connectivity index (χ4n) is 2.51. The maximum Gasteiger partial charge on any atom is 0.394 e. The van der Waals surface area contributed by atoms with E-state index in [-0.39, 0.29) is 12.8 Å². The van der Waals surface area contributed by atoms with E-state index in [1.807, 2.05) is 0 Å². The number of hydrogen-bond acceptors (Lipinski definition) is 2. The highest BCUT2D eigenvalue weighted by Crippen LogP contribution is 2.45. The van der Waals surface area contributed by atoms with Gasteiger partial charge in [-0.2, -0.15) is 13.2 Å². The van der Waals surface area contributed by atoms with Gasteiger partial charge in [-0.25, -0.2) is 8.78 Å². The Bertz CT molecular complexity index is 376. The van der Waals surface area contributed by atoms with E-state index in [0.29, 0.717) is 12.8 Å². The molecule has 1 aliphatic rings. The molecule has 0 amide bonds. The van der Waals surface area contributed by atoms with Crippen LogP contribution in [0.3, 0.4) is 0 Å². The number of alkyl halides is 5. The summed E-state index contributed by atoms with van der Waals surface area (Å²) in [4.78, 5) is 11.9. The molecule has 0 aromatic carbocycles. The van der Waals surface area contributed by atoms with Gasteiger partial charge in [0.25, 0.3) is 5.92 Å². The van der Waals surface area contributed by atoms with Crippen molar-refractivity contribution < 1.29 is 31.5 Å². The second-order valence-corrected chi connectivity index (χ2v) is 6.85. The minimum Gasteiger partial charge on any atom is -0.458 e. The van der Waals surface area contributed by atoms with Crippen LogP contribution in [0.4, 0.5) is 22.0 Å². The molecule has 2 nitrogen and oxygen atoms in total. The molecule has 0 aromatic rings. The van der Waals surface area contributed by atoms with Crippen LogP contribution in [0, 0.1) is 5.41 Å². The van der Waals surface area contributed by atoms with Gasteiger partial charge in [0, 0.05) is 0 Å². The van der Waals surface area contributed by atoms with Crippen molar-refractivity contribution in [1.82, 2.24) is 0 Å². The highest BCUT2D eigenvalue weighted by Gasteiger charge is 2.52. The molecule has 0 N–H and O–H groups in total. The molecule has 0 bridgehead atoms. The Balaban J connectivity index is 2.84. The number of carbonyl (C=O) groups excluding carboxylic acids is 1. The fraction of sp³-hybridized carbons (Fsp3) is 0.929. The van der Waals surface area contributed by atoms with Gasteiger partial charge in [0.2, 0.25) is 0 Å². The van der Waals surface area contributed by atoms with E-state index in [1.54, 1.807) is 20.8 Å². The van der Waals surface area contributed by atoms with Crippen molar-refractivity contribution in [3.63, 3.8) is 0 Å². The normalized spacial score (nSPS) is 19.6. The third-order valence-electron chi connectivity index (χ3n) is 3.48. The fourth-order valence-corrected chi connectivity index (χ4v) is 2.51. The number of halogens is 5. The molecule has 0 heterocycles. The molecule has 21 heavy (non-hydrogen) atoms. The van der Waals surface area contributed by atoms with Crippen molar-refractivity contribution in [2.45, 2.75) is 77.0 Å². The molecule has 7 heteroatoms. The van der Waals surface area contributed by atoms with Gasteiger partial charge in [-0.1, -0.05) is 0 Å². The van der Waals surface area contributed by atoms with Gasteiger partial charge >= 0.3 is 12.1 Å². The largest absolute Gasteiger partial charge is 0.458 e. The Hall–Kier alpha value is -0.880. The molecule has 0 atom stereocenters. The summed E-state index contributed by atoms with van der Waals surface area (Å²) in [7, 11) is 0. The summed E-state index contributed by atoms with van der Waals surface area (Å²) in [6.07, 6.45) is -6.70. The zero-order valence-electron chi connectivity index (χ0n) is 12.4. The molecule has 0 saturated heterocycles.